The third-order valence-electron chi connectivity index (χ3n) is 5.75. The van der Waals surface area contributed by atoms with Crippen molar-refractivity contribution >= 4 is 5.91 Å². The summed E-state index contributed by atoms with van der Waals surface area (Å²) in [7, 11) is 6.63. The maximum atomic E-state index is 13.2. The van der Waals surface area contributed by atoms with E-state index >= 15 is 0 Å². The minimum Gasteiger partial charge on any atom is -0.493 e. The molecule has 0 spiro atoms. The van der Waals surface area contributed by atoms with Crippen LogP contribution in [0.1, 0.15) is 30.0 Å². The van der Waals surface area contributed by atoms with Gasteiger partial charge in [-0.2, -0.15) is 0 Å². The van der Waals surface area contributed by atoms with Crippen molar-refractivity contribution in [2.24, 2.45) is 0 Å². The molecule has 6 nitrogen and oxygen atoms in total. The Morgan fingerprint density at radius 1 is 1.00 bits per heavy atom. The van der Waals surface area contributed by atoms with Crippen molar-refractivity contribution in [1.82, 2.24) is 9.80 Å². The minimum absolute atomic E-state index is 0.0128. The van der Waals surface area contributed by atoms with Crippen LogP contribution in [0.2, 0.25) is 0 Å². The molecule has 0 N–H and O–H groups in total. The summed E-state index contributed by atoms with van der Waals surface area (Å²) in [6.07, 6.45) is 2.71. The molecule has 0 unspecified atom stereocenters. The molecule has 1 saturated heterocycles. The number of rotatable bonds is 9. The molecule has 1 atom stereocenters. The number of hydrogen-bond acceptors (Lipinski definition) is 5. The van der Waals surface area contributed by atoms with Gasteiger partial charge in [0.2, 0.25) is 11.7 Å². The van der Waals surface area contributed by atoms with Crippen molar-refractivity contribution in [2.45, 2.75) is 25.3 Å². The molecular formula is C24H32N2O4. The number of carbonyl (C=O) groups is 1. The van der Waals surface area contributed by atoms with Crippen molar-refractivity contribution in [2.75, 3.05) is 48.0 Å². The van der Waals surface area contributed by atoms with Crippen molar-refractivity contribution in [1.29, 1.82) is 0 Å². The van der Waals surface area contributed by atoms with E-state index in [0.717, 1.165) is 30.8 Å². The van der Waals surface area contributed by atoms with Gasteiger partial charge in [0.15, 0.2) is 11.5 Å². The SMILES string of the molecule is COc1cc(CC(=O)N(C)[C@H](CN2CCCC2)c2ccccc2)cc(OC)c1OC. The van der Waals surface area contributed by atoms with Crippen LogP contribution >= 0.6 is 0 Å². The summed E-state index contributed by atoms with van der Waals surface area (Å²) < 4.78 is 16.2. The van der Waals surface area contributed by atoms with Gasteiger partial charge < -0.3 is 24.0 Å². The number of likely N-dealkylation sites (N-methyl/N-ethyl adjacent to an activating group) is 1. The van der Waals surface area contributed by atoms with Crippen LogP contribution in [0.3, 0.4) is 0 Å². The van der Waals surface area contributed by atoms with Gasteiger partial charge in [-0.25, -0.2) is 0 Å². The normalized spacial score (nSPS) is 14.9. The first-order valence-corrected chi connectivity index (χ1v) is 10.4. The highest BCUT2D eigenvalue weighted by molar-refractivity contribution is 5.79. The largest absolute Gasteiger partial charge is 0.493 e. The molecule has 30 heavy (non-hydrogen) atoms. The standard InChI is InChI=1S/C24H32N2O4/c1-25(20(17-26-12-8-9-13-26)19-10-6-5-7-11-19)23(27)16-18-14-21(28-2)24(30-4)22(15-18)29-3/h5-7,10-11,14-15,20H,8-9,12-13,16-17H2,1-4H3/t20-/m1/s1. The number of carbonyl (C=O) groups excluding carboxylic acids is 1. The Balaban J connectivity index is 1.81. The van der Waals surface area contributed by atoms with E-state index in [0.29, 0.717) is 17.2 Å². The van der Waals surface area contributed by atoms with E-state index in [-0.39, 0.29) is 18.4 Å². The number of benzene rings is 2. The lowest BCUT2D eigenvalue weighted by Crippen LogP contribution is -2.39. The van der Waals surface area contributed by atoms with Gasteiger partial charge in [-0.1, -0.05) is 30.3 Å². The molecule has 1 aliphatic rings. The molecule has 0 aromatic heterocycles. The molecule has 162 valence electrons. The van der Waals surface area contributed by atoms with Crippen LogP contribution in [0.25, 0.3) is 0 Å². The molecule has 0 aliphatic carbocycles. The molecule has 1 fully saturated rings. The Hall–Kier alpha value is -2.73. The zero-order valence-corrected chi connectivity index (χ0v) is 18.4. The molecular weight excluding hydrogens is 380 g/mol. The molecule has 3 rings (SSSR count). The van der Waals surface area contributed by atoms with Gasteiger partial charge in [0.25, 0.3) is 0 Å². The third-order valence-corrected chi connectivity index (χ3v) is 5.75. The molecule has 6 heteroatoms. The van der Waals surface area contributed by atoms with Gasteiger partial charge >= 0.3 is 0 Å². The van der Waals surface area contributed by atoms with E-state index in [1.165, 1.54) is 12.8 Å². The molecule has 0 saturated carbocycles. The third kappa shape index (κ3) is 5.05. The maximum absolute atomic E-state index is 13.2. The molecule has 0 bridgehead atoms. The summed E-state index contributed by atoms with van der Waals surface area (Å²) in [5, 5.41) is 0. The van der Waals surface area contributed by atoms with Gasteiger partial charge in [-0.05, 0) is 49.2 Å². The average molecular weight is 413 g/mol. The van der Waals surface area contributed by atoms with E-state index in [1.54, 1.807) is 21.3 Å². The lowest BCUT2D eigenvalue weighted by molar-refractivity contribution is -0.131. The zero-order valence-electron chi connectivity index (χ0n) is 18.4. The topological polar surface area (TPSA) is 51.2 Å². The fraction of sp³-hybridized carbons (Fsp3) is 0.458. The second-order valence-electron chi connectivity index (χ2n) is 7.65. The highest BCUT2D eigenvalue weighted by atomic mass is 16.5. The van der Waals surface area contributed by atoms with Crippen molar-refractivity contribution in [3.63, 3.8) is 0 Å². The average Bonchev–Trinajstić information content (AvgIpc) is 3.30. The van der Waals surface area contributed by atoms with E-state index in [4.69, 9.17) is 14.2 Å². The molecule has 0 radical (unpaired) electrons. The van der Waals surface area contributed by atoms with E-state index in [2.05, 4.69) is 17.0 Å². The fourth-order valence-corrected chi connectivity index (χ4v) is 4.05. The van der Waals surface area contributed by atoms with Crippen molar-refractivity contribution in [3.05, 3.63) is 53.6 Å². The molecule has 1 heterocycles. The van der Waals surface area contributed by atoms with Crippen LogP contribution < -0.4 is 14.2 Å². The van der Waals surface area contributed by atoms with Crippen LogP contribution in [0.4, 0.5) is 0 Å². The monoisotopic (exact) mass is 412 g/mol. The molecule has 1 amide bonds. The van der Waals surface area contributed by atoms with E-state index in [9.17, 15) is 4.79 Å². The Labute approximate surface area is 179 Å². The van der Waals surface area contributed by atoms with Gasteiger partial charge in [-0.15, -0.1) is 0 Å². The number of amides is 1. The Bertz CT molecular complexity index is 809. The lowest BCUT2D eigenvalue weighted by atomic mass is 10.0. The molecule has 2 aromatic rings. The van der Waals surface area contributed by atoms with E-state index < -0.39 is 0 Å². The summed E-state index contributed by atoms with van der Waals surface area (Å²) >= 11 is 0. The lowest BCUT2D eigenvalue weighted by Gasteiger charge is -2.32. The summed E-state index contributed by atoms with van der Waals surface area (Å²) in [4.78, 5) is 17.6. The van der Waals surface area contributed by atoms with Crippen molar-refractivity contribution in [3.8, 4) is 17.2 Å². The number of likely N-dealkylation sites (tertiary alicyclic amines) is 1. The molecule has 2 aromatic carbocycles. The smallest absolute Gasteiger partial charge is 0.227 e. The second kappa shape index (κ2) is 10.3. The highest BCUT2D eigenvalue weighted by Gasteiger charge is 2.26. The van der Waals surface area contributed by atoms with Gasteiger partial charge in [-0.3, -0.25) is 4.79 Å². The summed E-state index contributed by atoms with van der Waals surface area (Å²) in [5.41, 5.74) is 1.99. The van der Waals surface area contributed by atoms with Gasteiger partial charge in [0, 0.05) is 13.6 Å². The predicted octanol–water partition coefficient (Wildman–Crippen LogP) is 3.55. The number of hydrogen-bond donors (Lipinski definition) is 0. The number of methoxy groups -OCH3 is 3. The van der Waals surface area contributed by atoms with Crippen LogP contribution in [-0.2, 0) is 11.2 Å². The Morgan fingerprint density at radius 3 is 2.13 bits per heavy atom. The molecule has 1 aliphatic heterocycles. The van der Waals surface area contributed by atoms with Gasteiger partial charge in [0.05, 0.1) is 33.8 Å². The first-order valence-electron chi connectivity index (χ1n) is 10.4. The number of nitrogens with zero attached hydrogens (tertiary/aromatic N) is 2. The quantitative estimate of drug-likeness (QED) is 0.630. The van der Waals surface area contributed by atoms with E-state index in [1.807, 2.05) is 42.3 Å². The predicted molar refractivity (Wildman–Crippen MR) is 117 cm³/mol. The Kier molecular flexibility index (Phi) is 7.57. The van der Waals surface area contributed by atoms with Crippen LogP contribution in [0, 0.1) is 0 Å². The van der Waals surface area contributed by atoms with Gasteiger partial charge in [0.1, 0.15) is 0 Å². The first kappa shape index (κ1) is 22.0. The van der Waals surface area contributed by atoms with Crippen LogP contribution in [-0.4, -0.2) is 63.7 Å². The fourth-order valence-electron chi connectivity index (χ4n) is 4.05. The van der Waals surface area contributed by atoms with Crippen LogP contribution in [0.15, 0.2) is 42.5 Å². The maximum Gasteiger partial charge on any atom is 0.227 e. The number of ether oxygens (including phenoxy) is 3. The first-order chi connectivity index (χ1) is 14.6. The summed E-state index contributed by atoms with van der Waals surface area (Å²) in [6.45, 7) is 3.04. The van der Waals surface area contributed by atoms with Crippen molar-refractivity contribution < 1.29 is 19.0 Å². The highest BCUT2D eigenvalue weighted by Crippen LogP contribution is 2.38. The summed E-state index contributed by atoms with van der Waals surface area (Å²) in [6, 6.07) is 14.0. The van der Waals surface area contributed by atoms with Crippen LogP contribution in [0.5, 0.6) is 17.2 Å². The Morgan fingerprint density at radius 2 is 1.60 bits per heavy atom. The zero-order chi connectivity index (χ0) is 21.5. The minimum atomic E-state index is 0.0128. The second-order valence-corrected chi connectivity index (χ2v) is 7.65. The summed E-state index contributed by atoms with van der Waals surface area (Å²) in [5.74, 6) is 1.69.